The number of aliphatic hydroxyl groups excluding tert-OH is 1. The molecular weight excluding hydrogens is 706 g/mol. The number of ether oxygens (including phenoxy) is 7. The van der Waals surface area contributed by atoms with Gasteiger partial charge in [0, 0.05) is 38.2 Å². The Labute approximate surface area is 325 Å². The molecule has 4 fully saturated rings. The predicted molar refractivity (Wildman–Crippen MR) is 203 cm³/mol. The Kier molecular flexibility index (Phi) is 12.3. The van der Waals surface area contributed by atoms with E-state index >= 15 is 0 Å². The molecule has 0 aromatic rings. The van der Waals surface area contributed by atoms with E-state index in [0.717, 1.165) is 18.4 Å². The maximum Gasteiger partial charge on any atom is 0.316 e. The molecule has 3 saturated heterocycles. The normalized spacial score (nSPS) is 47.6. The SMILES string of the molecule is CO[C@H]1C[C@H](O[C@@H]2/C(C)=C/C[C@@H]3CC(C[C@]4(C=C[C@H](C)[C@@H](C5CCCCC5)O4)O3)OC(=O)C3C=C(C)/C(=N\O)[C@H]4OC/C(=C\C=C\[C@@H]2C)[C@@]34O)O[C@@H](C)[C@@H]1O. The Balaban J connectivity index is 1.26. The monoisotopic (exact) mass is 767 g/mol. The number of esters is 1. The molecule has 14 atom stereocenters. The van der Waals surface area contributed by atoms with Crippen molar-refractivity contribution >= 4 is 11.7 Å². The Morgan fingerprint density at radius 1 is 1.00 bits per heavy atom. The van der Waals surface area contributed by atoms with E-state index in [1.807, 2.05) is 32.1 Å². The van der Waals surface area contributed by atoms with Crippen molar-refractivity contribution in [3.8, 4) is 0 Å². The second-order valence-corrected chi connectivity index (χ2v) is 17.0. The van der Waals surface area contributed by atoms with E-state index in [1.54, 1.807) is 26.2 Å². The van der Waals surface area contributed by atoms with Crippen molar-refractivity contribution in [2.24, 2.45) is 28.8 Å². The van der Waals surface area contributed by atoms with Crippen LogP contribution in [0.3, 0.4) is 0 Å². The van der Waals surface area contributed by atoms with Crippen molar-refractivity contribution in [3.63, 3.8) is 0 Å². The first-order valence-corrected chi connectivity index (χ1v) is 20.4. The van der Waals surface area contributed by atoms with Crippen molar-refractivity contribution < 1.29 is 53.4 Å². The average Bonchev–Trinajstić information content (AvgIpc) is 3.50. The molecule has 3 N–H and O–H groups in total. The van der Waals surface area contributed by atoms with Gasteiger partial charge >= 0.3 is 5.97 Å². The quantitative estimate of drug-likeness (QED) is 0.137. The van der Waals surface area contributed by atoms with Gasteiger partial charge in [-0.3, -0.25) is 4.79 Å². The molecular formula is C43H61NO11. The number of nitrogens with zero attached hydrogens (tertiary/aromatic N) is 1. The minimum Gasteiger partial charge on any atom is -0.462 e. The number of allylic oxidation sites excluding steroid dienone is 2. The fraction of sp³-hybridized carbons (Fsp3) is 0.721. The van der Waals surface area contributed by atoms with E-state index in [9.17, 15) is 20.2 Å². The Morgan fingerprint density at radius 2 is 1.78 bits per heavy atom. The van der Waals surface area contributed by atoms with Crippen LogP contribution in [0, 0.1) is 23.7 Å². The van der Waals surface area contributed by atoms with Crippen LogP contribution in [0.15, 0.2) is 64.4 Å². The number of hydrogen-bond acceptors (Lipinski definition) is 12. The number of fused-ring (bicyclic) bond motifs is 2. The van der Waals surface area contributed by atoms with E-state index in [2.05, 4.69) is 31.2 Å². The predicted octanol–water partition coefficient (Wildman–Crippen LogP) is 5.85. The summed E-state index contributed by atoms with van der Waals surface area (Å²) in [7, 11) is 1.58. The molecule has 7 rings (SSSR count). The summed E-state index contributed by atoms with van der Waals surface area (Å²) >= 11 is 0. The zero-order chi connectivity index (χ0) is 39.1. The molecule has 1 saturated carbocycles. The van der Waals surface area contributed by atoms with E-state index in [4.69, 9.17) is 33.2 Å². The van der Waals surface area contributed by atoms with Crippen LogP contribution in [0.5, 0.6) is 0 Å². The molecule has 304 valence electrons. The summed E-state index contributed by atoms with van der Waals surface area (Å²) < 4.78 is 44.9. The third-order valence-electron chi connectivity index (χ3n) is 13.1. The topological polar surface area (TPSA) is 155 Å². The number of carbonyl (C=O) groups is 1. The third kappa shape index (κ3) is 8.08. The lowest BCUT2D eigenvalue weighted by molar-refractivity contribution is -0.301. The van der Waals surface area contributed by atoms with Crippen molar-refractivity contribution in [1.82, 2.24) is 0 Å². The average molecular weight is 768 g/mol. The molecule has 2 bridgehead atoms. The third-order valence-corrected chi connectivity index (χ3v) is 13.1. The molecule has 2 unspecified atom stereocenters. The molecule has 12 heteroatoms. The van der Waals surface area contributed by atoms with Crippen LogP contribution in [-0.4, -0.2) is 107 Å². The van der Waals surface area contributed by atoms with Gasteiger partial charge < -0.3 is 48.6 Å². The van der Waals surface area contributed by atoms with E-state index in [-0.39, 0.29) is 36.4 Å². The highest BCUT2D eigenvalue weighted by Crippen LogP contribution is 2.47. The van der Waals surface area contributed by atoms with Crippen molar-refractivity contribution in [2.75, 3.05) is 13.7 Å². The molecule has 7 aliphatic rings. The number of methoxy groups -OCH3 is 1. The highest BCUT2D eigenvalue weighted by atomic mass is 16.7. The van der Waals surface area contributed by atoms with E-state index in [0.29, 0.717) is 42.7 Å². The second-order valence-electron chi connectivity index (χ2n) is 17.0. The van der Waals surface area contributed by atoms with E-state index in [1.165, 1.54) is 19.3 Å². The van der Waals surface area contributed by atoms with Crippen LogP contribution in [0.4, 0.5) is 0 Å². The Bertz CT molecular complexity index is 1600. The van der Waals surface area contributed by atoms with Crippen LogP contribution in [0.2, 0.25) is 0 Å². The molecule has 0 radical (unpaired) electrons. The minimum absolute atomic E-state index is 0.0156. The molecule has 2 aliphatic carbocycles. The maximum absolute atomic E-state index is 14.4. The Morgan fingerprint density at radius 3 is 2.53 bits per heavy atom. The first-order valence-electron chi connectivity index (χ1n) is 20.4. The van der Waals surface area contributed by atoms with Gasteiger partial charge in [0.25, 0.3) is 0 Å². The lowest BCUT2D eigenvalue weighted by atomic mass is 9.71. The smallest absolute Gasteiger partial charge is 0.316 e. The Hall–Kier alpha value is -2.68. The molecule has 5 heterocycles. The van der Waals surface area contributed by atoms with Gasteiger partial charge in [-0.05, 0) is 68.7 Å². The lowest BCUT2D eigenvalue weighted by Gasteiger charge is -2.49. The van der Waals surface area contributed by atoms with Crippen LogP contribution >= 0.6 is 0 Å². The summed E-state index contributed by atoms with van der Waals surface area (Å²) in [5.74, 6) is -2.30. The second kappa shape index (κ2) is 16.7. The number of carbonyl (C=O) groups excluding carboxylic acids is 1. The summed E-state index contributed by atoms with van der Waals surface area (Å²) in [5, 5.41) is 36.6. The fourth-order valence-electron chi connectivity index (χ4n) is 9.99. The largest absolute Gasteiger partial charge is 0.462 e. The zero-order valence-corrected chi connectivity index (χ0v) is 33.2. The minimum atomic E-state index is -1.85. The summed E-state index contributed by atoms with van der Waals surface area (Å²) in [6.45, 7) is 9.87. The summed E-state index contributed by atoms with van der Waals surface area (Å²) in [4.78, 5) is 14.4. The van der Waals surface area contributed by atoms with Crippen LogP contribution in [0.1, 0.15) is 92.4 Å². The first-order chi connectivity index (χ1) is 26.4. The van der Waals surface area contributed by atoms with E-state index < -0.39 is 66.2 Å². The van der Waals surface area contributed by atoms with Crippen LogP contribution in [-0.2, 0) is 38.0 Å². The molecule has 55 heavy (non-hydrogen) atoms. The standard InChI is InChI=1S/C43H61NO11/c1-24-11-10-14-30-23-50-40-36(44-48)27(4)19-33(43(30,40)47)41(46)52-32-20-31(16-15-25(2)38(24)53-35-21-34(49-6)37(45)28(5)51-35)54-42(22-32)18-17-26(3)39(55-42)29-12-8-7-9-13-29/h10-11,14-15,17-19,24,26,28-29,31-35,37-40,45,47-48H,7-9,12-13,16,20-23H2,1-6H3/b11-10+,25-15+,30-14+,44-36+/t24-,26-,28-,31+,32?,33?,34-,35-,37-,38-,39-,40+,42+,43+/m0/s1. The molecule has 12 nitrogen and oxygen atoms in total. The number of aliphatic hydroxyl groups is 2. The molecule has 1 spiro atoms. The summed E-state index contributed by atoms with van der Waals surface area (Å²) in [5.41, 5.74) is 0.299. The van der Waals surface area contributed by atoms with Gasteiger partial charge in [0.05, 0.1) is 37.1 Å². The molecule has 5 aliphatic heterocycles. The number of hydrogen-bond donors (Lipinski definition) is 3. The van der Waals surface area contributed by atoms with Crippen LogP contribution < -0.4 is 0 Å². The molecule has 0 amide bonds. The summed E-state index contributed by atoms with van der Waals surface area (Å²) in [6, 6.07) is 0. The van der Waals surface area contributed by atoms with Crippen molar-refractivity contribution in [2.45, 2.75) is 159 Å². The fourth-order valence-corrected chi connectivity index (χ4v) is 9.99. The highest BCUT2D eigenvalue weighted by Gasteiger charge is 2.60. The van der Waals surface area contributed by atoms with Crippen molar-refractivity contribution in [3.05, 3.63) is 59.3 Å². The zero-order valence-electron chi connectivity index (χ0n) is 33.2. The van der Waals surface area contributed by atoms with Gasteiger partial charge in [-0.25, -0.2) is 0 Å². The van der Waals surface area contributed by atoms with Gasteiger partial charge in [0.1, 0.15) is 35.5 Å². The maximum atomic E-state index is 14.4. The van der Waals surface area contributed by atoms with Gasteiger partial charge in [0.2, 0.25) is 0 Å². The van der Waals surface area contributed by atoms with Gasteiger partial charge in [-0.1, -0.05) is 74.7 Å². The van der Waals surface area contributed by atoms with Gasteiger partial charge in [-0.2, -0.15) is 0 Å². The van der Waals surface area contributed by atoms with Crippen molar-refractivity contribution in [1.29, 1.82) is 0 Å². The number of rotatable bonds is 4. The first kappa shape index (κ1) is 40.5. The van der Waals surface area contributed by atoms with Gasteiger partial charge in [-0.15, -0.1) is 0 Å². The molecule has 0 aromatic heterocycles. The lowest BCUT2D eigenvalue weighted by Crippen LogP contribution is -2.57. The van der Waals surface area contributed by atoms with Gasteiger partial charge in [0.15, 0.2) is 12.1 Å². The number of oxime groups is 1. The summed E-state index contributed by atoms with van der Waals surface area (Å²) in [6.07, 6.45) is 16.4. The molecule has 0 aromatic carbocycles. The highest BCUT2D eigenvalue weighted by molar-refractivity contribution is 6.06. The van der Waals surface area contributed by atoms with Crippen LogP contribution in [0.25, 0.3) is 0 Å².